The topological polar surface area (TPSA) is 84.3 Å². The molecule has 1 aliphatic rings. The van der Waals surface area contributed by atoms with Crippen LogP contribution < -0.4 is 5.32 Å². The average Bonchev–Trinajstić information content (AvgIpc) is 3.13. The Morgan fingerprint density at radius 3 is 2.72 bits per heavy atom. The highest BCUT2D eigenvalue weighted by Crippen LogP contribution is 2.22. The van der Waals surface area contributed by atoms with E-state index in [-0.39, 0.29) is 17.6 Å². The Labute approximate surface area is 180 Å². The third kappa shape index (κ3) is 5.90. The summed E-state index contributed by atoms with van der Waals surface area (Å²) in [6.07, 6.45) is 4.26. The van der Waals surface area contributed by atoms with Crippen LogP contribution >= 0.6 is 15.9 Å². The minimum Gasteiger partial charge on any atom is -0.311 e. The molecule has 158 valence electrons. The summed E-state index contributed by atoms with van der Waals surface area (Å²) in [5, 5.41) is 7.28. The number of carbonyl (C=O) groups excluding carboxylic acids is 1. The van der Waals surface area contributed by atoms with Crippen molar-refractivity contribution in [2.45, 2.75) is 39.2 Å². The number of aromatic nitrogens is 2. The number of hydrogen-bond acceptors (Lipinski definition) is 4. The smallest absolute Gasteiger partial charge is 0.228 e. The van der Waals surface area contributed by atoms with Gasteiger partial charge in [0.1, 0.15) is 5.82 Å². The second-order valence-corrected chi connectivity index (χ2v) is 10.3. The van der Waals surface area contributed by atoms with Crippen molar-refractivity contribution in [2.75, 3.05) is 24.2 Å². The SMILES string of the molecule is CCCCS(=O)(=O)N1CCC(C(=O)Nc2ccnn2Cc2cccc(Br)c2)CC1. The Kier molecular flexibility index (Phi) is 7.48. The number of hydrogen-bond donors (Lipinski definition) is 1. The maximum atomic E-state index is 12.7. The van der Waals surface area contributed by atoms with Crippen LogP contribution in [0, 0.1) is 5.92 Å². The lowest BCUT2D eigenvalue weighted by Crippen LogP contribution is -2.42. The maximum absolute atomic E-state index is 12.7. The minimum absolute atomic E-state index is 0.0772. The van der Waals surface area contributed by atoms with Gasteiger partial charge in [0.15, 0.2) is 0 Å². The first-order chi connectivity index (χ1) is 13.9. The van der Waals surface area contributed by atoms with E-state index >= 15 is 0 Å². The van der Waals surface area contributed by atoms with Crippen LogP contribution in [0.1, 0.15) is 38.2 Å². The summed E-state index contributed by atoms with van der Waals surface area (Å²) in [6.45, 7) is 3.34. The Morgan fingerprint density at radius 2 is 2.03 bits per heavy atom. The van der Waals surface area contributed by atoms with E-state index in [9.17, 15) is 13.2 Å². The van der Waals surface area contributed by atoms with Gasteiger partial charge in [0.25, 0.3) is 0 Å². The van der Waals surface area contributed by atoms with Crippen LogP contribution in [0.4, 0.5) is 5.82 Å². The molecule has 1 fully saturated rings. The summed E-state index contributed by atoms with van der Waals surface area (Å²) in [5.41, 5.74) is 1.07. The van der Waals surface area contributed by atoms with Gasteiger partial charge in [-0.1, -0.05) is 41.4 Å². The van der Waals surface area contributed by atoms with Gasteiger partial charge < -0.3 is 5.32 Å². The molecule has 7 nitrogen and oxygen atoms in total. The highest BCUT2D eigenvalue weighted by molar-refractivity contribution is 9.10. The molecular formula is C20H27BrN4O3S. The number of carbonyl (C=O) groups is 1. The first-order valence-electron chi connectivity index (χ1n) is 9.94. The first kappa shape index (κ1) is 22.0. The average molecular weight is 483 g/mol. The molecule has 9 heteroatoms. The van der Waals surface area contributed by atoms with Crippen molar-refractivity contribution >= 4 is 37.7 Å². The standard InChI is InChI=1S/C20H27BrN4O3S/c1-2-3-13-29(27,28)24-11-8-17(9-12-24)20(26)23-19-7-10-22-25(19)15-16-5-4-6-18(21)14-16/h4-7,10,14,17H,2-3,8-9,11-13,15H2,1H3,(H,23,26). The third-order valence-corrected chi connectivity index (χ3v) is 7.61. The van der Waals surface area contributed by atoms with Gasteiger partial charge >= 0.3 is 0 Å². The number of rotatable bonds is 8. The van der Waals surface area contributed by atoms with Crippen molar-refractivity contribution in [2.24, 2.45) is 5.92 Å². The molecule has 1 N–H and O–H groups in total. The number of sulfonamides is 1. The molecule has 3 rings (SSSR count). The summed E-state index contributed by atoms with van der Waals surface area (Å²) in [5.74, 6) is 0.566. The summed E-state index contributed by atoms with van der Waals surface area (Å²) < 4.78 is 28.9. The molecule has 0 saturated carbocycles. The number of anilines is 1. The summed E-state index contributed by atoms with van der Waals surface area (Å²) in [6, 6.07) is 9.72. The largest absolute Gasteiger partial charge is 0.311 e. The van der Waals surface area contributed by atoms with Gasteiger partial charge in [-0.15, -0.1) is 0 Å². The lowest BCUT2D eigenvalue weighted by atomic mass is 9.97. The van der Waals surface area contributed by atoms with Gasteiger partial charge in [-0.2, -0.15) is 5.10 Å². The third-order valence-electron chi connectivity index (χ3n) is 5.16. The highest BCUT2D eigenvalue weighted by Gasteiger charge is 2.31. The van der Waals surface area contributed by atoms with E-state index < -0.39 is 10.0 Å². The molecule has 1 saturated heterocycles. The molecule has 1 aliphatic heterocycles. The molecular weight excluding hydrogens is 456 g/mol. The fourth-order valence-electron chi connectivity index (χ4n) is 3.45. The zero-order valence-electron chi connectivity index (χ0n) is 16.6. The summed E-state index contributed by atoms with van der Waals surface area (Å²) in [7, 11) is -3.21. The van der Waals surface area contributed by atoms with Crippen molar-refractivity contribution in [3.05, 3.63) is 46.6 Å². The fourth-order valence-corrected chi connectivity index (χ4v) is 5.58. The number of nitrogens with zero attached hydrogens (tertiary/aromatic N) is 3. The second-order valence-electron chi connectivity index (χ2n) is 7.34. The van der Waals surface area contributed by atoms with Crippen LogP contribution in [0.25, 0.3) is 0 Å². The molecule has 0 aliphatic carbocycles. The van der Waals surface area contributed by atoms with E-state index in [1.54, 1.807) is 16.9 Å². The van der Waals surface area contributed by atoms with Crippen LogP contribution in [0.15, 0.2) is 41.0 Å². The minimum atomic E-state index is -3.21. The zero-order chi connectivity index (χ0) is 20.9. The first-order valence-corrected chi connectivity index (χ1v) is 12.3. The zero-order valence-corrected chi connectivity index (χ0v) is 19.0. The maximum Gasteiger partial charge on any atom is 0.228 e. The second kappa shape index (κ2) is 9.86. The molecule has 1 amide bonds. The molecule has 0 radical (unpaired) electrons. The van der Waals surface area contributed by atoms with Crippen molar-refractivity contribution < 1.29 is 13.2 Å². The van der Waals surface area contributed by atoms with Gasteiger partial charge in [-0.05, 0) is 37.0 Å². The van der Waals surface area contributed by atoms with E-state index in [0.717, 1.165) is 16.5 Å². The van der Waals surface area contributed by atoms with Crippen molar-refractivity contribution in [3.8, 4) is 0 Å². The van der Waals surface area contributed by atoms with E-state index in [1.807, 2.05) is 31.2 Å². The molecule has 0 bridgehead atoms. The number of benzene rings is 1. The predicted molar refractivity (Wildman–Crippen MR) is 117 cm³/mol. The number of amides is 1. The molecule has 0 spiro atoms. The van der Waals surface area contributed by atoms with Gasteiger partial charge in [-0.3, -0.25) is 4.79 Å². The van der Waals surface area contributed by atoms with Crippen molar-refractivity contribution in [3.63, 3.8) is 0 Å². The van der Waals surface area contributed by atoms with E-state index in [2.05, 4.69) is 26.3 Å². The molecule has 2 aromatic rings. The van der Waals surface area contributed by atoms with Gasteiger partial charge in [0, 0.05) is 29.5 Å². The summed E-state index contributed by atoms with van der Waals surface area (Å²) in [4.78, 5) is 12.7. The van der Waals surface area contributed by atoms with Crippen LogP contribution in [-0.2, 0) is 21.4 Å². The Hall–Kier alpha value is -1.71. The Bertz CT molecular complexity index is 937. The van der Waals surface area contributed by atoms with Crippen LogP contribution in [0.5, 0.6) is 0 Å². The molecule has 29 heavy (non-hydrogen) atoms. The van der Waals surface area contributed by atoms with Gasteiger partial charge in [0.05, 0.1) is 18.5 Å². The molecule has 1 aromatic heterocycles. The quantitative estimate of drug-likeness (QED) is 0.623. The van der Waals surface area contributed by atoms with Crippen LogP contribution in [0.3, 0.4) is 0 Å². The van der Waals surface area contributed by atoms with E-state index in [1.165, 1.54) is 4.31 Å². The van der Waals surface area contributed by atoms with Crippen molar-refractivity contribution in [1.82, 2.24) is 14.1 Å². The molecule has 2 heterocycles. The Morgan fingerprint density at radius 1 is 1.28 bits per heavy atom. The number of piperidine rings is 1. The predicted octanol–water partition coefficient (Wildman–Crippen LogP) is 3.47. The van der Waals surface area contributed by atoms with E-state index in [4.69, 9.17) is 0 Å². The van der Waals surface area contributed by atoms with E-state index in [0.29, 0.717) is 44.7 Å². The molecule has 1 aromatic carbocycles. The molecule has 0 unspecified atom stereocenters. The molecule has 0 atom stereocenters. The lowest BCUT2D eigenvalue weighted by Gasteiger charge is -2.30. The highest BCUT2D eigenvalue weighted by atomic mass is 79.9. The van der Waals surface area contributed by atoms with Crippen molar-refractivity contribution in [1.29, 1.82) is 0 Å². The fraction of sp³-hybridized carbons (Fsp3) is 0.500. The van der Waals surface area contributed by atoms with Crippen LogP contribution in [-0.4, -0.2) is 47.3 Å². The van der Waals surface area contributed by atoms with Gasteiger partial charge in [-0.25, -0.2) is 17.4 Å². The number of unbranched alkanes of at least 4 members (excludes halogenated alkanes) is 1. The Balaban J connectivity index is 1.56. The summed E-state index contributed by atoms with van der Waals surface area (Å²) >= 11 is 3.46. The van der Waals surface area contributed by atoms with Crippen LogP contribution in [0.2, 0.25) is 0 Å². The number of halogens is 1. The normalized spacial score (nSPS) is 16.1. The number of nitrogens with one attached hydrogen (secondary N) is 1. The monoisotopic (exact) mass is 482 g/mol. The lowest BCUT2D eigenvalue weighted by molar-refractivity contribution is -0.121. The van der Waals surface area contributed by atoms with Gasteiger partial charge in [0.2, 0.25) is 15.9 Å².